The van der Waals surface area contributed by atoms with E-state index in [0.29, 0.717) is 25.2 Å². The van der Waals surface area contributed by atoms with Gasteiger partial charge in [0.2, 0.25) is 5.91 Å². The molecule has 1 heterocycles. The van der Waals surface area contributed by atoms with Crippen LogP contribution < -0.4 is 5.32 Å². The summed E-state index contributed by atoms with van der Waals surface area (Å²) >= 11 is 0. The first-order chi connectivity index (χ1) is 12.8. The third-order valence-corrected chi connectivity index (χ3v) is 4.40. The Balaban J connectivity index is 1.92. The van der Waals surface area contributed by atoms with Gasteiger partial charge in [0.1, 0.15) is 0 Å². The molecule has 1 aliphatic heterocycles. The van der Waals surface area contributed by atoms with E-state index < -0.39 is 0 Å². The van der Waals surface area contributed by atoms with E-state index in [0.717, 1.165) is 32.1 Å². The second-order valence-electron chi connectivity index (χ2n) is 6.80. The molecule has 26 heavy (non-hydrogen) atoms. The van der Waals surface area contributed by atoms with E-state index in [4.69, 9.17) is 9.84 Å². The average Bonchev–Trinajstić information content (AvgIpc) is 3.39. The number of unbranched alkanes of at least 4 members (excludes halogenated alkanes) is 3. The molecule has 0 bridgehead atoms. The Morgan fingerprint density at radius 2 is 1.73 bits per heavy atom. The first-order valence-electron chi connectivity index (χ1n) is 10.3. The van der Waals surface area contributed by atoms with Crippen LogP contribution in [0.1, 0.15) is 71.1 Å². The third kappa shape index (κ3) is 12.9. The van der Waals surface area contributed by atoms with Gasteiger partial charge in [-0.25, -0.2) is 0 Å². The number of aliphatic hydroxyl groups is 1. The van der Waals surface area contributed by atoms with Crippen molar-refractivity contribution in [2.24, 2.45) is 0 Å². The van der Waals surface area contributed by atoms with Gasteiger partial charge in [-0.2, -0.15) is 0 Å². The zero-order chi connectivity index (χ0) is 18.9. The van der Waals surface area contributed by atoms with Gasteiger partial charge in [-0.15, -0.1) is 0 Å². The molecular weight excluding hydrogens is 326 g/mol. The van der Waals surface area contributed by atoms with Gasteiger partial charge in [0.15, 0.2) is 0 Å². The molecular formula is C22H37NO3. The molecule has 2 unspecified atom stereocenters. The topological polar surface area (TPSA) is 61.9 Å². The van der Waals surface area contributed by atoms with Gasteiger partial charge in [-0.1, -0.05) is 56.2 Å². The molecule has 0 saturated carbocycles. The fourth-order valence-corrected chi connectivity index (χ4v) is 2.79. The van der Waals surface area contributed by atoms with Gasteiger partial charge in [-0.3, -0.25) is 4.79 Å². The fraction of sp³-hybridized carbons (Fsp3) is 0.682. The SMILES string of the molecule is CCCCC/C=C\C/C=C\C/C=C\CC1OC1CCCC(=O)NCCO. The molecule has 2 atom stereocenters. The Morgan fingerprint density at radius 1 is 1.00 bits per heavy atom. The van der Waals surface area contributed by atoms with Crippen LogP contribution in [0.5, 0.6) is 0 Å². The maximum Gasteiger partial charge on any atom is 0.220 e. The summed E-state index contributed by atoms with van der Waals surface area (Å²) in [7, 11) is 0. The zero-order valence-corrected chi connectivity index (χ0v) is 16.4. The summed E-state index contributed by atoms with van der Waals surface area (Å²) in [5.41, 5.74) is 0. The van der Waals surface area contributed by atoms with Gasteiger partial charge in [0.05, 0.1) is 18.8 Å². The first kappa shape index (κ1) is 22.7. The molecule has 0 aliphatic carbocycles. The molecule has 1 aliphatic rings. The van der Waals surface area contributed by atoms with Crippen molar-refractivity contribution in [3.8, 4) is 0 Å². The van der Waals surface area contributed by atoms with Gasteiger partial charge < -0.3 is 15.2 Å². The summed E-state index contributed by atoms with van der Waals surface area (Å²) in [4.78, 5) is 11.4. The van der Waals surface area contributed by atoms with Crippen LogP contribution in [-0.2, 0) is 9.53 Å². The Morgan fingerprint density at radius 3 is 2.46 bits per heavy atom. The number of carbonyl (C=O) groups is 1. The summed E-state index contributed by atoms with van der Waals surface area (Å²) in [6, 6.07) is 0. The highest BCUT2D eigenvalue weighted by molar-refractivity contribution is 5.75. The number of amides is 1. The van der Waals surface area contributed by atoms with Gasteiger partial charge in [-0.05, 0) is 44.9 Å². The van der Waals surface area contributed by atoms with Crippen molar-refractivity contribution < 1.29 is 14.6 Å². The first-order valence-corrected chi connectivity index (χ1v) is 10.3. The van der Waals surface area contributed by atoms with Crippen molar-refractivity contribution in [2.45, 2.75) is 83.3 Å². The van der Waals surface area contributed by atoms with Crippen molar-refractivity contribution >= 4 is 5.91 Å². The minimum atomic E-state index is -0.00315. The highest BCUT2D eigenvalue weighted by Crippen LogP contribution is 2.30. The molecule has 148 valence electrons. The van der Waals surface area contributed by atoms with Gasteiger partial charge in [0.25, 0.3) is 0 Å². The predicted octanol–water partition coefficient (Wildman–Crippen LogP) is 4.45. The summed E-state index contributed by atoms with van der Waals surface area (Å²) in [6.07, 6.45) is 24.4. The number of ether oxygens (including phenoxy) is 1. The van der Waals surface area contributed by atoms with E-state index in [9.17, 15) is 4.79 Å². The number of hydrogen-bond donors (Lipinski definition) is 2. The molecule has 4 nitrogen and oxygen atoms in total. The Hall–Kier alpha value is -1.39. The quantitative estimate of drug-likeness (QED) is 0.242. The van der Waals surface area contributed by atoms with Crippen LogP contribution in [-0.4, -0.2) is 36.4 Å². The second kappa shape index (κ2) is 15.8. The smallest absolute Gasteiger partial charge is 0.220 e. The number of aliphatic hydroxyl groups excluding tert-OH is 1. The summed E-state index contributed by atoms with van der Waals surface area (Å²) in [5, 5.41) is 11.3. The lowest BCUT2D eigenvalue weighted by Crippen LogP contribution is -2.26. The van der Waals surface area contributed by atoms with Crippen LogP contribution >= 0.6 is 0 Å². The predicted molar refractivity (Wildman–Crippen MR) is 108 cm³/mol. The lowest BCUT2D eigenvalue weighted by Gasteiger charge is -2.01. The summed E-state index contributed by atoms with van der Waals surface area (Å²) in [5.74, 6) is 0.0127. The number of epoxide rings is 1. The zero-order valence-electron chi connectivity index (χ0n) is 16.4. The average molecular weight is 364 g/mol. The van der Waals surface area contributed by atoms with Crippen molar-refractivity contribution in [3.63, 3.8) is 0 Å². The number of nitrogens with one attached hydrogen (secondary N) is 1. The number of rotatable bonds is 16. The maximum absolute atomic E-state index is 11.4. The van der Waals surface area contributed by atoms with Crippen LogP contribution in [0.15, 0.2) is 36.5 Å². The van der Waals surface area contributed by atoms with Gasteiger partial charge in [0, 0.05) is 13.0 Å². The number of allylic oxidation sites excluding steroid dienone is 5. The monoisotopic (exact) mass is 363 g/mol. The van der Waals surface area contributed by atoms with Crippen LogP contribution in [0.2, 0.25) is 0 Å². The van der Waals surface area contributed by atoms with Crippen molar-refractivity contribution in [2.75, 3.05) is 13.2 Å². The molecule has 2 N–H and O–H groups in total. The van der Waals surface area contributed by atoms with E-state index in [1.54, 1.807) is 0 Å². The normalized spacial score (nSPS) is 19.8. The minimum absolute atomic E-state index is 0.00315. The third-order valence-electron chi connectivity index (χ3n) is 4.40. The minimum Gasteiger partial charge on any atom is -0.395 e. The molecule has 0 radical (unpaired) electrons. The van der Waals surface area contributed by atoms with Crippen LogP contribution in [0.25, 0.3) is 0 Å². The highest BCUT2D eigenvalue weighted by Gasteiger charge is 2.36. The van der Waals surface area contributed by atoms with E-state index in [1.807, 2.05) is 0 Å². The van der Waals surface area contributed by atoms with Crippen LogP contribution in [0, 0.1) is 0 Å². The molecule has 0 aromatic carbocycles. The molecule has 0 aromatic rings. The van der Waals surface area contributed by atoms with Crippen molar-refractivity contribution in [1.29, 1.82) is 0 Å². The Kier molecular flexibility index (Phi) is 13.8. The van der Waals surface area contributed by atoms with Crippen molar-refractivity contribution in [3.05, 3.63) is 36.5 Å². The van der Waals surface area contributed by atoms with Gasteiger partial charge >= 0.3 is 0 Å². The van der Waals surface area contributed by atoms with E-state index in [-0.39, 0.29) is 12.5 Å². The lowest BCUT2D eigenvalue weighted by atomic mass is 10.1. The molecule has 1 fully saturated rings. The van der Waals surface area contributed by atoms with E-state index >= 15 is 0 Å². The maximum atomic E-state index is 11.4. The molecule has 4 heteroatoms. The summed E-state index contributed by atoms with van der Waals surface area (Å²) in [6.45, 7) is 2.57. The Labute approximate surface area is 159 Å². The second-order valence-corrected chi connectivity index (χ2v) is 6.80. The molecule has 0 spiro atoms. The number of hydrogen-bond acceptors (Lipinski definition) is 3. The molecule has 1 amide bonds. The largest absolute Gasteiger partial charge is 0.395 e. The molecule has 1 rings (SSSR count). The standard InChI is InChI=1S/C22H37NO3/c1-2-3-4-5-6-7-8-9-10-11-12-13-15-20-21(26-20)16-14-17-22(25)23-18-19-24/h6-7,9-10,12-13,20-21,24H,2-5,8,11,14-19H2,1H3,(H,23,25)/b7-6-,10-9-,13-12-. The Bertz CT molecular complexity index is 443. The molecule has 0 aromatic heterocycles. The van der Waals surface area contributed by atoms with Crippen molar-refractivity contribution in [1.82, 2.24) is 5.32 Å². The summed E-state index contributed by atoms with van der Waals surface area (Å²) < 4.78 is 5.63. The lowest BCUT2D eigenvalue weighted by molar-refractivity contribution is -0.121. The van der Waals surface area contributed by atoms with Crippen LogP contribution in [0.3, 0.4) is 0 Å². The van der Waals surface area contributed by atoms with E-state index in [2.05, 4.69) is 48.7 Å². The van der Waals surface area contributed by atoms with E-state index in [1.165, 1.54) is 25.7 Å². The highest BCUT2D eigenvalue weighted by atomic mass is 16.6. The fourth-order valence-electron chi connectivity index (χ4n) is 2.79. The van der Waals surface area contributed by atoms with Crippen LogP contribution in [0.4, 0.5) is 0 Å². The molecule has 1 saturated heterocycles. The number of carbonyl (C=O) groups excluding carboxylic acids is 1.